The maximum atomic E-state index is 13.5. The highest BCUT2D eigenvalue weighted by atomic mass is 19.1. The smallest absolute Gasteiger partial charge is 0.374 e. The standard InChI is InChI=1S/C12H11F2N3O2/c1-2-17-10(15-16-11(17)12(18)19)6-7-8(13)4-3-5-9(7)14/h3-5H,2,6H2,1H3,(H,18,19). The van der Waals surface area contributed by atoms with Crippen molar-refractivity contribution in [3.05, 3.63) is 47.0 Å². The molecule has 0 aliphatic rings. The zero-order valence-corrected chi connectivity index (χ0v) is 10.1. The molecule has 0 aliphatic heterocycles. The first-order valence-electron chi connectivity index (χ1n) is 5.62. The molecule has 0 atom stereocenters. The van der Waals surface area contributed by atoms with Crippen LogP contribution in [-0.4, -0.2) is 25.8 Å². The molecule has 1 aromatic carbocycles. The number of halogens is 2. The molecule has 0 spiro atoms. The fourth-order valence-corrected chi connectivity index (χ4v) is 1.82. The summed E-state index contributed by atoms with van der Waals surface area (Å²) in [5.41, 5.74) is -0.151. The van der Waals surface area contributed by atoms with Crippen LogP contribution in [0.1, 0.15) is 28.9 Å². The summed E-state index contributed by atoms with van der Waals surface area (Å²) in [5, 5.41) is 16.1. The van der Waals surface area contributed by atoms with Gasteiger partial charge in [0.25, 0.3) is 0 Å². The van der Waals surface area contributed by atoms with Crippen molar-refractivity contribution in [3.8, 4) is 0 Å². The normalized spacial score (nSPS) is 10.7. The van der Waals surface area contributed by atoms with Crippen LogP contribution in [0.15, 0.2) is 18.2 Å². The van der Waals surface area contributed by atoms with E-state index in [0.29, 0.717) is 6.54 Å². The molecule has 2 rings (SSSR count). The van der Waals surface area contributed by atoms with E-state index in [4.69, 9.17) is 5.11 Å². The van der Waals surface area contributed by atoms with E-state index in [-0.39, 0.29) is 23.6 Å². The first kappa shape index (κ1) is 13.1. The molecular weight excluding hydrogens is 256 g/mol. The molecule has 1 aromatic heterocycles. The van der Waals surface area contributed by atoms with E-state index in [0.717, 1.165) is 12.1 Å². The van der Waals surface area contributed by atoms with Gasteiger partial charge < -0.3 is 9.67 Å². The quantitative estimate of drug-likeness (QED) is 0.918. The highest BCUT2D eigenvalue weighted by Gasteiger charge is 2.19. The Morgan fingerprint density at radius 1 is 1.32 bits per heavy atom. The number of aromatic carboxylic acids is 1. The largest absolute Gasteiger partial charge is 0.475 e. The predicted molar refractivity (Wildman–Crippen MR) is 61.8 cm³/mol. The lowest BCUT2D eigenvalue weighted by Gasteiger charge is -2.07. The molecule has 0 aliphatic carbocycles. The number of carbonyl (C=O) groups is 1. The highest BCUT2D eigenvalue weighted by molar-refractivity contribution is 5.83. The third kappa shape index (κ3) is 2.44. The summed E-state index contributed by atoms with van der Waals surface area (Å²) in [7, 11) is 0. The van der Waals surface area contributed by atoms with Crippen LogP contribution in [0.2, 0.25) is 0 Å². The summed E-state index contributed by atoms with van der Waals surface area (Å²) in [6.07, 6.45) is -0.146. The van der Waals surface area contributed by atoms with Crippen molar-refractivity contribution in [1.82, 2.24) is 14.8 Å². The number of rotatable bonds is 4. The summed E-state index contributed by atoms with van der Waals surface area (Å²) in [5.74, 6) is -2.64. The van der Waals surface area contributed by atoms with E-state index in [9.17, 15) is 13.6 Å². The fraction of sp³-hybridized carbons (Fsp3) is 0.250. The maximum Gasteiger partial charge on any atom is 0.374 e. The first-order valence-corrected chi connectivity index (χ1v) is 5.62. The van der Waals surface area contributed by atoms with Gasteiger partial charge >= 0.3 is 5.97 Å². The Morgan fingerprint density at radius 2 is 1.95 bits per heavy atom. The molecule has 19 heavy (non-hydrogen) atoms. The molecular formula is C12H11F2N3O2. The van der Waals surface area contributed by atoms with Crippen molar-refractivity contribution in [2.75, 3.05) is 0 Å². The summed E-state index contributed by atoms with van der Waals surface area (Å²) in [6, 6.07) is 3.55. The molecule has 1 heterocycles. The summed E-state index contributed by atoms with van der Waals surface area (Å²) >= 11 is 0. The Hall–Kier alpha value is -2.31. The molecule has 2 aromatic rings. The van der Waals surface area contributed by atoms with Gasteiger partial charge in [0, 0.05) is 18.5 Å². The van der Waals surface area contributed by atoms with E-state index >= 15 is 0 Å². The lowest BCUT2D eigenvalue weighted by Crippen LogP contribution is -2.12. The minimum Gasteiger partial charge on any atom is -0.475 e. The number of benzene rings is 1. The third-order valence-electron chi connectivity index (χ3n) is 2.73. The van der Waals surface area contributed by atoms with Gasteiger partial charge in [0.1, 0.15) is 17.5 Å². The Morgan fingerprint density at radius 3 is 2.47 bits per heavy atom. The molecule has 7 heteroatoms. The molecule has 5 nitrogen and oxygen atoms in total. The van der Waals surface area contributed by atoms with E-state index in [1.807, 2.05) is 0 Å². The molecule has 100 valence electrons. The predicted octanol–water partition coefficient (Wildman–Crippen LogP) is 1.87. The van der Waals surface area contributed by atoms with Crippen molar-refractivity contribution in [2.24, 2.45) is 0 Å². The van der Waals surface area contributed by atoms with Gasteiger partial charge in [0.15, 0.2) is 0 Å². The van der Waals surface area contributed by atoms with Crippen molar-refractivity contribution < 1.29 is 18.7 Å². The minimum absolute atomic E-state index is 0.146. The van der Waals surface area contributed by atoms with Gasteiger partial charge in [-0.05, 0) is 19.1 Å². The van der Waals surface area contributed by atoms with Gasteiger partial charge in [-0.15, -0.1) is 10.2 Å². The van der Waals surface area contributed by atoms with Crippen molar-refractivity contribution >= 4 is 5.97 Å². The molecule has 0 saturated heterocycles. The number of hydrogen-bond acceptors (Lipinski definition) is 3. The van der Waals surface area contributed by atoms with Crippen LogP contribution < -0.4 is 0 Å². The Balaban J connectivity index is 2.42. The van der Waals surface area contributed by atoms with E-state index in [2.05, 4.69) is 10.2 Å². The number of aromatic nitrogens is 3. The van der Waals surface area contributed by atoms with Crippen LogP contribution in [0.5, 0.6) is 0 Å². The molecule has 0 amide bonds. The van der Waals surface area contributed by atoms with Gasteiger partial charge in [-0.3, -0.25) is 0 Å². The van der Waals surface area contributed by atoms with Crippen LogP contribution in [-0.2, 0) is 13.0 Å². The Kier molecular flexibility index (Phi) is 3.55. The Bertz CT molecular complexity index is 605. The van der Waals surface area contributed by atoms with E-state index < -0.39 is 17.6 Å². The van der Waals surface area contributed by atoms with Gasteiger partial charge in [-0.25, -0.2) is 13.6 Å². The van der Waals surface area contributed by atoms with Crippen molar-refractivity contribution in [3.63, 3.8) is 0 Å². The van der Waals surface area contributed by atoms with Gasteiger partial charge in [-0.2, -0.15) is 0 Å². The number of carboxylic acid groups (broad SMARTS) is 1. The zero-order chi connectivity index (χ0) is 14.0. The van der Waals surface area contributed by atoms with Crippen molar-refractivity contribution in [2.45, 2.75) is 19.9 Å². The average Bonchev–Trinajstić information content (AvgIpc) is 2.77. The average molecular weight is 267 g/mol. The highest BCUT2D eigenvalue weighted by Crippen LogP contribution is 2.16. The Labute approximate surface area is 107 Å². The molecule has 0 fully saturated rings. The third-order valence-corrected chi connectivity index (χ3v) is 2.73. The zero-order valence-electron chi connectivity index (χ0n) is 10.1. The second kappa shape index (κ2) is 5.13. The SMILES string of the molecule is CCn1c(Cc2c(F)cccc2F)nnc1C(=O)O. The molecule has 0 radical (unpaired) electrons. The van der Waals surface area contributed by atoms with Crippen LogP contribution >= 0.6 is 0 Å². The number of carboxylic acids is 1. The monoisotopic (exact) mass is 267 g/mol. The fourth-order valence-electron chi connectivity index (χ4n) is 1.82. The first-order chi connectivity index (χ1) is 9.04. The van der Waals surface area contributed by atoms with Crippen LogP contribution in [0.25, 0.3) is 0 Å². The van der Waals surface area contributed by atoms with Gasteiger partial charge in [0.05, 0.1) is 0 Å². The molecule has 0 unspecified atom stereocenters. The lowest BCUT2D eigenvalue weighted by atomic mass is 10.1. The lowest BCUT2D eigenvalue weighted by molar-refractivity contribution is 0.0677. The second-order valence-corrected chi connectivity index (χ2v) is 3.87. The summed E-state index contributed by atoms with van der Waals surface area (Å²) < 4.78 is 28.4. The van der Waals surface area contributed by atoms with Gasteiger partial charge in [0.2, 0.25) is 5.82 Å². The summed E-state index contributed by atoms with van der Waals surface area (Å²) in [4.78, 5) is 10.9. The maximum absolute atomic E-state index is 13.5. The minimum atomic E-state index is -1.23. The number of nitrogens with zero attached hydrogens (tertiary/aromatic N) is 3. The molecule has 0 bridgehead atoms. The molecule has 1 N–H and O–H groups in total. The second-order valence-electron chi connectivity index (χ2n) is 3.87. The van der Waals surface area contributed by atoms with Crippen LogP contribution in [0, 0.1) is 11.6 Å². The summed E-state index contributed by atoms with van der Waals surface area (Å²) in [6.45, 7) is 2.01. The van der Waals surface area contributed by atoms with Crippen molar-refractivity contribution in [1.29, 1.82) is 0 Å². The van der Waals surface area contributed by atoms with E-state index in [1.165, 1.54) is 10.6 Å². The van der Waals surface area contributed by atoms with E-state index in [1.54, 1.807) is 6.92 Å². The van der Waals surface area contributed by atoms with Crippen LogP contribution in [0.3, 0.4) is 0 Å². The topological polar surface area (TPSA) is 68.0 Å². The van der Waals surface area contributed by atoms with Crippen LogP contribution in [0.4, 0.5) is 8.78 Å². The van der Waals surface area contributed by atoms with Gasteiger partial charge in [-0.1, -0.05) is 6.07 Å². The number of hydrogen-bond donors (Lipinski definition) is 1. The molecule has 0 saturated carbocycles.